The van der Waals surface area contributed by atoms with Crippen molar-refractivity contribution in [3.05, 3.63) is 91.4 Å². The van der Waals surface area contributed by atoms with Crippen molar-refractivity contribution >= 4 is 39.1 Å². The maximum Gasteiger partial charge on any atom is 0.337 e. The van der Waals surface area contributed by atoms with Gasteiger partial charge in [-0.25, -0.2) is 14.2 Å². The van der Waals surface area contributed by atoms with Gasteiger partial charge in [0.05, 0.1) is 23.9 Å². The first-order chi connectivity index (χ1) is 15.8. The highest BCUT2D eigenvalue weighted by molar-refractivity contribution is 7.17. The minimum atomic E-state index is -0.592. The number of fused-ring (bicyclic) bond motifs is 1. The van der Waals surface area contributed by atoms with Crippen molar-refractivity contribution in [1.29, 1.82) is 0 Å². The van der Waals surface area contributed by atoms with E-state index in [9.17, 15) is 19.2 Å². The van der Waals surface area contributed by atoms with E-state index in [2.05, 4.69) is 10.1 Å². The second-order valence-electron chi connectivity index (χ2n) is 7.53. The molecule has 0 saturated heterocycles. The van der Waals surface area contributed by atoms with E-state index >= 15 is 0 Å². The number of benzene rings is 2. The molecular formula is C24H21N3O5S. The zero-order valence-corrected chi connectivity index (χ0v) is 19.1. The number of amides is 1. The summed E-state index contributed by atoms with van der Waals surface area (Å²) in [7, 11) is 1.29. The number of rotatable bonds is 5. The number of carbonyl (C=O) groups excluding carboxylic acids is 2. The number of aromatic nitrogens is 2. The minimum Gasteiger partial charge on any atom is -0.465 e. The Labute approximate surface area is 192 Å². The van der Waals surface area contributed by atoms with Crippen molar-refractivity contribution < 1.29 is 14.3 Å². The largest absolute Gasteiger partial charge is 0.465 e. The average molecular weight is 464 g/mol. The molecule has 2 aromatic heterocycles. The Morgan fingerprint density at radius 2 is 1.73 bits per heavy atom. The standard InChI is InChI=1S/C24H21N3O5S/c1-14-4-9-18(12-15(14)2)27-22(29)21-19(10-11-33-21)26(24(27)31)13-20(28)25-17-7-5-16(6-8-17)23(30)32-3/h4-12H,13H2,1-3H3,(H,25,28). The lowest BCUT2D eigenvalue weighted by atomic mass is 10.1. The fourth-order valence-electron chi connectivity index (χ4n) is 3.48. The number of hydrogen-bond donors (Lipinski definition) is 1. The number of hydrogen-bond acceptors (Lipinski definition) is 6. The van der Waals surface area contributed by atoms with Crippen LogP contribution in [-0.2, 0) is 16.1 Å². The number of thiophene rings is 1. The van der Waals surface area contributed by atoms with Crippen LogP contribution in [0.4, 0.5) is 5.69 Å². The van der Waals surface area contributed by atoms with Crippen LogP contribution in [-0.4, -0.2) is 28.1 Å². The second-order valence-corrected chi connectivity index (χ2v) is 8.45. The number of anilines is 1. The van der Waals surface area contributed by atoms with Gasteiger partial charge in [0.25, 0.3) is 5.56 Å². The molecule has 8 nitrogen and oxygen atoms in total. The summed E-state index contributed by atoms with van der Waals surface area (Å²) in [6, 6.07) is 13.2. The third kappa shape index (κ3) is 4.22. The van der Waals surface area contributed by atoms with E-state index in [1.807, 2.05) is 19.9 Å². The lowest BCUT2D eigenvalue weighted by Crippen LogP contribution is -2.40. The Morgan fingerprint density at radius 1 is 1.00 bits per heavy atom. The first-order valence-electron chi connectivity index (χ1n) is 10.1. The van der Waals surface area contributed by atoms with Crippen LogP contribution >= 0.6 is 11.3 Å². The normalized spacial score (nSPS) is 10.9. The lowest BCUT2D eigenvalue weighted by molar-refractivity contribution is -0.116. The van der Waals surface area contributed by atoms with E-state index in [4.69, 9.17) is 0 Å². The SMILES string of the molecule is COC(=O)c1ccc(NC(=O)Cn2c(=O)n(-c3ccc(C)c(C)c3)c(=O)c3sccc32)cc1. The van der Waals surface area contributed by atoms with Gasteiger partial charge >= 0.3 is 11.7 Å². The van der Waals surface area contributed by atoms with Crippen molar-refractivity contribution in [2.45, 2.75) is 20.4 Å². The molecule has 168 valence electrons. The van der Waals surface area contributed by atoms with Gasteiger partial charge in [0.2, 0.25) is 5.91 Å². The van der Waals surface area contributed by atoms with Gasteiger partial charge in [-0.1, -0.05) is 6.07 Å². The maximum absolute atomic E-state index is 13.3. The predicted molar refractivity (Wildman–Crippen MR) is 128 cm³/mol. The number of esters is 1. The highest BCUT2D eigenvalue weighted by Crippen LogP contribution is 2.18. The van der Waals surface area contributed by atoms with Crippen molar-refractivity contribution in [1.82, 2.24) is 9.13 Å². The van der Waals surface area contributed by atoms with Gasteiger partial charge in [0, 0.05) is 5.69 Å². The number of nitrogens with one attached hydrogen (secondary N) is 1. The highest BCUT2D eigenvalue weighted by Gasteiger charge is 2.18. The molecular weight excluding hydrogens is 442 g/mol. The molecule has 0 fully saturated rings. The maximum atomic E-state index is 13.3. The van der Waals surface area contributed by atoms with Crippen LogP contribution in [0, 0.1) is 13.8 Å². The van der Waals surface area contributed by atoms with E-state index in [-0.39, 0.29) is 6.54 Å². The monoisotopic (exact) mass is 463 g/mol. The van der Waals surface area contributed by atoms with Gasteiger partial charge in [0.15, 0.2) is 0 Å². The van der Waals surface area contributed by atoms with Gasteiger partial charge in [0.1, 0.15) is 11.2 Å². The van der Waals surface area contributed by atoms with E-state index < -0.39 is 23.1 Å². The summed E-state index contributed by atoms with van der Waals surface area (Å²) in [4.78, 5) is 50.7. The van der Waals surface area contributed by atoms with Crippen molar-refractivity contribution in [3.8, 4) is 5.69 Å². The average Bonchev–Trinajstić information content (AvgIpc) is 3.29. The molecule has 0 spiro atoms. The van der Waals surface area contributed by atoms with Gasteiger partial charge in [-0.3, -0.25) is 14.2 Å². The zero-order chi connectivity index (χ0) is 23.7. The lowest BCUT2D eigenvalue weighted by Gasteiger charge is -2.13. The second kappa shape index (κ2) is 8.87. The molecule has 0 bridgehead atoms. The molecule has 0 radical (unpaired) electrons. The van der Waals surface area contributed by atoms with Crippen LogP contribution in [0.5, 0.6) is 0 Å². The summed E-state index contributed by atoms with van der Waals surface area (Å²) in [6.07, 6.45) is 0. The van der Waals surface area contributed by atoms with Crippen molar-refractivity contribution in [2.75, 3.05) is 12.4 Å². The molecule has 0 aliphatic carbocycles. The number of carbonyl (C=O) groups is 2. The summed E-state index contributed by atoms with van der Waals surface area (Å²) in [5, 5.41) is 4.43. The molecule has 2 aromatic carbocycles. The highest BCUT2D eigenvalue weighted by atomic mass is 32.1. The Balaban J connectivity index is 1.70. The van der Waals surface area contributed by atoms with E-state index in [1.165, 1.54) is 35.1 Å². The first kappa shape index (κ1) is 22.2. The quantitative estimate of drug-likeness (QED) is 0.458. The fraction of sp³-hybridized carbons (Fsp3) is 0.167. The molecule has 33 heavy (non-hydrogen) atoms. The van der Waals surface area contributed by atoms with Crippen LogP contribution in [0.15, 0.2) is 63.5 Å². The molecule has 9 heteroatoms. The molecule has 0 atom stereocenters. The smallest absolute Gasteiger partial charge is 0.337 e. The van der Waals surface area contributed by atoms with Crippen LogP contribution in [0.2, 0.25) is 0 Å². The Kier molecular flexibility index (Phi) is 5.97. The van der Waals surface area contributed by atoms with E-state index in [0.717, 1.165) is 15.7 Å². The predicted octanol–water partition coefficient (Wildman–Crippen LogP) is 3.26. The van der Waals surface area contributed by atoms with Crippen LogP contribution in [0.3, 0.4) is 0 Å². The summed E-state index contributed by atoms with van der Waals surface area (Å²) < 4.78 is 7.45. The number of ether oxygens (including phenoxy) is 1. The Bertz CT molecular complexity index is 1500. The molecule has 1 N–H and O–H groups in total. The molecule has 0 aliphatic heterocycles. The van der Waals surface area contributed by atoms with E-state index in [1.54, 1.807) is 35.7 Å². The summed E-state index contributed by atoms with van der Waals surface area (Å²) in [5.41, 5.74) is 2.67. The van der Waals surface area contributed by atoms with Crippen molar-refractivity contribution in [3.63, 3.8) is 0 Å². The van der Waals surface area contributed by atoms with Gasteiger partial charge in [-0.05, 0) is 72.8 Å². The summed E-state index contributed by atoms with van der Waals surface area (Å²) in [5.74, 6) is -0.923. The fourth-order valence-corrected chi connectivity index (χ4v) is 4.31. The molecule has 0 saturated carbocycles. The van der Waals surface area contributed by atoms with Gasteiger partial charge in [-0.2, -0.15) is 0 Å². The number of methoxy groups -OCH3 is 1. The molecule has 0 unspecified atom stereocenters. The van der Waals surface area contributed by atoms with Gasteiger partial charge in [-0.15, -0.1) is 11.3 Å². The number of nitrogens with zero attached hydrogens (tertiary/aromatic N) is 2. The third-order valence-corrected chi connectivity index (χ3v) is 6.29. The Morgan fingerprint density at radius 3 is 2.39 bits per heavy atom. The summed E-state index contributed by atoms with van der Waals surface area (Å²) >= 11 is 1.22. The van der Waals surface area contributed by atoms with Gasteiger partial charge < -0.3 is 10.1 Å². The molecule has 4 aromatic rings. The topological polar surface area (TPSA) is 99.4 Å². The molecule has 1 amide bonds. The van der Waals surface area contributed by atoms with Crippen LogP contribution in [0.25, 0.3) is 15.9 Å². The minimum absolute atomic E-state index is 0.282. The van der Waals surface area contributed by atoms with E-state index in [0.29, 0.717) is 27.2 Å². The third-order valence-electron chi connectivity index (χ3n) is 5.39. The number of aryl methyl sites for hydroxylation is 2. The van der Waals surface area contributed by atoms with Crippen LogP contribution in [0.1, 0.15) is 21.5 Å². The molecule has 2 heterocycles. The first-order valence-corrected chi connectivity index (χ1v) is 11.0. The molecule has 0 aliphatic rings. The van der Waals surface area contributed by atoms with Crippen molar-refractivity contribution in [2.24, 2.45) is 0 Å². The Hall–Kier alpha value is -3.98. The summed E-state index contributed by atoms with van der Waals surface area (Å²) in [6.45, 7) is 3.58. The zero-order valence-electron chi connectivity index (χ0n) is 18.2. The van der Waals surface area contributed by atoms with Crippen LogP contribution < -0.4 is 16.6 Å². The molecule has 4 rings (SSSR count).